The van der Waals surface area contributed by atoms with Gasteiger partial charge in [0, 0.05) is 19.5 Å². The van der Waals surface area contributed by atoms with Crippen molar-refractivity contribution in [2.24, 2.45) is 0 Å². The van der Waals surface area contributed by atoms with E-state index in [9.17, 15) is 8.42 Å². The topological polar surface area (TPSA) is 37.4 Å². The minimum absolute atomic E-state index is 0.196. The minimum atomic E-state index is -3.11. The molecule has 0 radical (unpaired) electrons. The number of hydrogen-bond acceptors (Lipinski definition) is 2. The largest absolute Gasteiger partial charge is 0.213 e. The van der Waals surface area contributed by atoms with Crippen LogP contribution in [0.5, 0.6) is 0 Å². The molecule has 0 amide bonds. The maximum absolute atomic E-state index is 11.9. The molecule has 0 atom stereocenters. The molecule has 1 rings (SSSR count). The molecule has 0 heterocycles. The van der Waals surface area contributed by atoms with Crippen LogP contribution in [0.3, 0.4) is 0 Å². The van der Waals surface area contributed by atoms with Gasteiger partial charge in [0.2, 0.25) is 10.0 Å². The number of unbranched alkanes of at least 4 members (excludes halogenated alkanes) is 1. The number of aryl methyl sites for hydroxylation is 1. The predicted molar refractivity (Wildman–Crippen MR) is 81.1 cm³/mol. The molecule has 3 nitrogen and oxygen atoms in total. The fourth-order valence-electron chi connectivity index (χ4n) is 1.82. The number of halogens is 1. The molecule has 108 valence electrons. The van der Waals surface area contributed by atoms with Crippen LogP contribution in [0.4, 0.5) is 0 Å². The van der Waals surface area contributed by atoms with Gasteiger partial charge in [0.25, 0.3) is 0 Å². The molecule has 0 saturated heterocycles. The Balaban J connectivity index is 2.32. The Bertz CT molecular complexity index is 448. The lowest BCUT2D eigenvalue weighted by Crippen LogP contribution is -2.30. The average Bonchev–Trinajstić information content (AvgIpc) is 2.40. The lowest BCUT2D eigenvalue weighted by atomic mass is 10.1. The van der Waals surface area contributed by atoms with Crippen LogP contribution in [0.1, 0.15) is 24.8 Å². The van der Waals surface area contributed by atoms with E-state index < -0.39 is 10.0 Å². The number of nitrogens with zero attached hydrogens (tertiary/aromatic N) is 1. The van der Waals surface area contributed by atoms with E-state index in [-0.39, 0.29) is 5.75 Å². The molecular weight excluding hydrogens is 282 g/mol. The van der Waals surface area contributed by atoms with Gasteiger partial charge < -0.3 is 0 Å². The van der Waals surface area contributed by atoms with E-state index in [1.54, 1.807) is 7.05 Å². The van der Waals surface area contributed by atoms with E-state index >= 15 is 0 Å². The summed E-state index contributed by atoms with van der Waals surface area (Å²) in [6.07, 6.45) is 3.13. The Morgan fingerprint density at radius 3 is 2.42 bits per heavy atom. The maximum atomic E-state index is 11.9. The monoisotopic (exact) mass is 303 g/mol. The van der Waals surface area contributed by atoms with Crippen LogP contribution in [-0.4, -0.2) is 37.9 Å². The van der Waals surface area contributed by atoms with Gasteiger partial charge in [0.05, 0.1) is 5.75 Å². The smallest absolute Gasteiger partial charge is 0.212 e. The Kier molecular flexibility index (Phi) is 7.42. The highest BCUT2D eigenvalue weighted by molar-refractivity contribution is 7.89. The van der Waals surface area contributed by atoms with E-state index in [1.165, 1.54) is 9.87 Å². The van der Waals surface area contributed by atoms with Crippen molar-refractivity contribution in [2.75, 3.05) is 25.2 Å². The molecule has 19 heavy (non-hydrogen) atoms. The maximum Gasteiger partial charge on any atom is 0.213 e. The van der Waals surface area contributed by atoms with Gasteiger partial charge in [0.1, 0.15) is 0 Å². The first-order valence-corrected chi connectivity index (χ1v) is 8.74. The summed E-state index contributed by atoms with van der Waals surface area (Å²) in [6.45, 7) is 0.568. The van der Waals surface area contributed by atoms with Gasteiger partial charge in [-0.2, -0.15) is 0 Å². The molecule has 1 aromatic rings. The molecule has 5 heteroatoms. The van der Waals surface area contributed by atoms with Crippen molar-refractivity contribution in [1.82, 2.24) is 4.31 Å². The standard InChI is InChI=1S/C14H22ClNO2S/c1-16(19(17,18)13-6-5-11-15)12-7-10-14-8-3-2-4-9-14/h2-4,8-9H,5-7,10-13H2,1H3. The molecule has 0 aliphatic heterocycles. The van der Waals surface area contributed by atoms with Gasteiger partial charge >= 0.3 is 0 Å². The second-order valence-corrected chi connectivity index (χ2v) is 7.20. The molecule has 0 aliphatic carbocycles. The normalized spacial score (nSPS) is 11.9. The van der Waals surface area contributed by atoms with Crippen LogP contribution in [0.2, 0.25) is 0 Å². The van der Waals surface area contributed by atoms with Crippen molar-refractivity contribution < 1.29 is 8.42 Å². The Morgan fingerprint density at radius 1 is 1.11 bits per heavy atom. The zero-order chi connectivity index (χ0) is 14.1. The highest BCUT2D eigenvalue weighted by Crippen LogP contribution is 2.07. The van der Waals surface area contributed by atoms with Gasteiger partial charge in [-0.3, -0.25) is 0 Å². The molecule has 0 saturated carbocycles. The van der Waals surface area contributed by atoms with Gasteiger partial charge in [-0.25, -0.2) is 12.7 Å². The Hall–Kier alpha value is -0.580. The summed E-state index contributed by atoms with van der Waals surface area (Å²) in [4.78, 5) is 0. The van der Waals surface area contributed by atoms with Crippen LogP contribution >= 0.6 is 11.6 Å². The van der Waals surface area contributed by atoms with Gasteiger partial charge in [-0.05, 0) is 31.2 Å². The number of alkyl halides is 1. The van der Waals surface area contributed by atoms with E-state index in [0.29, 0.717) is 18.8 Å². The van der Waals surface area contributed by atoms with Gasteiger partial charge in [0.15, 0.2) is 0 Å². The molecule has 0 spiro atoms. The Morgan fingerprint density at radius 2 is 1.79 bits per heavy atom. The third-order valence-corrected chi connectivity index (χ3v) is 5.25. The third kappa shape index (κ3) is 6.41. The van der Waals surface area contributed by atoms with Crippen molar-refractivity contribution in [3.8, 4) is 0 Å². The number of sulfonamides is 1. The van der Waals surface area contributed by atoms with Crippen LogP contribution in [0, 0.1) is 0 Å². The highest BCUT2D eigenvalue weighted by Gasteiger charge is 2.16. The zero-order valence-corrected chi connectivity index (χ0v) is 13.0. The van der Waals surface area contributed by atoms with E-state index in [2.05, 4.69) is 12.1 Å². The Labute approximate surface area is 121 Å². The first-order valence-electron chi connectivity index (χ1n) is 6.60. The summed E-state index contributed by atoms with van der Waals surface area (Å²) in [6, 6.07) is 10.1. The molecular formula is C14H22ClNO2S. The van der Waals surface area contributed by atoms with Crippen molar-refractivity contribution in [2.45, 2.75) is 25.7 Å². The van der Waals surface area contributed by atoms with E-state index in [4.69, 9.17) is 11.6 Å². The molecule has 0 aliphatic rings. The summed E-state index contributed by atoms with van der Waals surface area (Å²) >= 11 is 5.55. The number of rotatable bonds is 9. The SMILES string of the molecule is CN(CCCc1ccccc1)S(=O)(=O)CCCCCl. The summed E-state index contributed by atoms with van der Waals surface area (Å²) in [5, 5.41) is 0. The van der Waals surface area contributed by atoms with E-state index in [1.807, 2.05) is 18.2 Å². The first-order chi connectivity index (χ1) is 9.06. The van der Waals surface area contributed by atoms with Gasteiger partial charge in [-0.15, -0.1) is 11.6 Å². The second-order valence-electron chi connectivity index (χ2n) is 4.62. The van der Waals surface area contributed by atoms with Gasteiger partial charge in [-0.1, -0.05) is 30.3 Å². The summed E-state index contributed by atoms with van der Waals surface area (Å²) in [5.74, 6) is 0.717. The summed E-state index contributed by atoms with van der Waals surface area (Å²) in [7, 11) is -1.46. The van der Waals surface area contributed by atoms with E-state index in [0.717, 1.165) is 19.3 Å². The lowest BCUT2D eigenvalue weighted by Gasteiger charge is -2.16. The number of benzene rings is 1. The van der Waals surface area contributed by atoms with Crippen LogP contribution in [0.25, 0.3) is 0 Å². The first kappa shape index (κ1) is 16.5. The number of hydrogen-bond donors (Lipinski definition) is 0. The van der Waals surface area contributed by atoms with Crippen LogP contribution < -0.4 is 0 Å². The fraction of sp³-hybridized carbons (Fsp3) is 0.571. The van der Waals surface area contributed by atoms with Crippen LogP contribution in [0.15, 0.2) is 30.3 Å². The molecule has 0 aromatic heterocycles. The molecule has 0 bridgehead atoms. The lowest BCUT2D eigenvalue weighted by molar-refractivity contribution is 0.460. The fourth-order valence-corrected chi connectivity index (χ4v) is 3.30. The zero-order valence-electron chi connectivity index (χ0n) is 11.4. The molecule has 0 fully saturated rings. The second kappa shape index (κ2) is 8.56. The molecule has 0 N–H and O–H groups in total. The molecule has 0 unspecified atom stereocenters. The molecule has 1 aromatic carbocycles. The van der Waals surface area contributed by atoms with Crippen molar-refractivity contribution >= 4 is 21.6 Å². The average molecular weight is 304 g/mol. The third-order valence-electron chi connectivity index (χ3n) is 3.04. The van der Waals surface area contributed by atoms with Crippen molar-refractivity contribution in [1.29, 1.82) is 0 Å². The van der Waals surface area contributed by atoms with Crippen LogP contribution in [-0.2, 0) is 16.4 Å². The summed E-state index contributed by atoms with van der Waals surface area (Å²) in [5.41, 5.74) is 1.25. The van der Waals surface area contributed by atoms with Crippen molar-refractivity contribution in [3.63, 3.8) is 0 Å². The minimum Gasteiger partial charge on any atom is -0.212 e. The highest BCUT2D eigenvalue weighted by atomic mass is 35.5. The summed E-state index contributed by atoms with van der Waals surface area (Å²) < 4.78 is 25.3. The predicted octanol–water partition coefficient (Wildman–Crippen LogP) is 2.90. The quantitative estimate of drug-likeness (QED) is 0.519. The van der Waals surface area contributed by atoms with Crippen molar-refractivity contribution in [3.05, 3.63) is 35.9 Å².